The van der Waals surface area contributed by atoms with E-state index in [0.717, 1.165) is 58.4 Å². The van der Waals surface area contributed by atoms with Gasteiger partial charge in [-0.2, -0.15) is 0 Å². The number of hydrogen-bond donors (Lipinski definition) is 2. The van der Waals surface area contributed by atoms with Gasteiger partial charge in [0.15, 0.2) is 11.6 Å². The fourth-order valence-corrected chi connectivity index (χ4v) is 5.77. The summed E-state index contributed by atoms with van der Waals surface area (Å²) in [5.74, 6) is 1.02. The van der Waals surface area contributed by atoms with E-state index in [0.29, 0.717) is 23.8 Å². The van der Waals surface area contributed by atoms with Gasteiger partial charge in [0.25, 0.3) is 0 Å². The van der Waals surface area contributed by atoms with Crippen LogP contribution in [-0.4, -0.2) is 68.3 Å². The number of aromatic nitrogens is 6. The van der Waals surface area contributed by atoms with Crippen molar-refractivity contribution in [2.45, 2.75) is 12.1 Å². The Kier molecular flexibility index (Phi) is 5.04. The molecule has 0 radical (unpaired) electrons. The van der Waals surface area contributed by atoms with E-state index in [1.54, 1.807) is 24.7 Å². The molecule has 2 unspecified atom stereocenters. The van der Waals surface area contributed by atoms with Crippen molar-refractivity contribution in [3.05, 3.63) is 78.7 Å². The molecule has 192 valence electrons. The predicted octanol–water partition coefficient (Wildman–Crippen LogP) is 3.90. The van der Waals surface area contributed by atoms with Crippen LogP contribution in [0.2, 0.25) is 0 Å². The molecular weight excluding hydrogens is 495 g/mol. The lowest BCUT2D eigenvalue weighted by Gasteiger charge is -2.38. The van der Waals surface area contributed by atoms with Gasteiger partial charge in [-0.3, -0.25) is 9.97 Å². The van der Waals surface area contributed by atoms with Gasteiger partial charge in [-0.25, -0.2) is 19.3 Å². The molecule has 0 saturated carbocycles. The molecule has 0 aromatic carbocycles. The molecule has 2 saturated heterocycles. The molecule has 2 fully saturated rings. The summed E-state index contributed by atoms with van der Waals surface area (Å²) in [6.45, 7) is 3.00. The summed E-state index contributed by atoms with van der Waals surface area (Å²) in [7, 11) is 0. The van der Waals surface area contributed by atoms with Crippen molar-refractivity contribution in [1.29, 1.82) is 0 Å². The minimum absolute atomic E-state index is 0.105. The molecule has 0 bridgehead atoms. The third-order valence-corrected chi connectivity index (χ3v) is 7.70. The second-order valence-electron chi connectivity index (χ2n) is 9.90. The number of rotatable bonds is 4. The second-order valence-corrected chi connectivity index (χ2v) is 9.90. The molecule has 3 aliphatic rings. The van der Waals surface area contributed by atoms with Crippen LogP contribution in [0.5, 0.6) is 0 Å². The summed E-state index contributed by atoms with van der Waals surface area (Å²) in [5, 5.41) is 5.24. The predicted molar refractivity (Wildman–Crippen MR) is 146 cm³/mol. The summed E-state index contributed by atoms with van der Waals surface area (Å²) < 4.78 is 20.6. The van der Waals surface area contributed by atoms with E-state index in [-0.39, 0.29) is 17.8 Å². The summed E-state index contributed by atoms with van der Waals surface area (Å²) in [4.78, 5) is 29.1. The van der Waals surface area contributed by atoms with Crippen LogP contribution in [0.3, 0.4) is 0 Å². The van der Waals surface area contributed by atoms with Crippen LogP contribution in [0.25, 0.3) is 50.3 Å². The van der Waals surface area contributed by atoms with Gasteiger partial charge in [0.2, 0.25) is 0 Å². The van der Waals surface area contributed by atoms with Crippen molar-refractivity contribution in [3.63, 3.8) is 0 Å². The van der Waals surface area contributed by atoms with Gasteiger partial charge >= 0.3 is 0 Å². The van der Waals surface area contributed by atoms with Crippen LogP contribution in [-0.2, 0) is 4.74 Å². The molecule has 1 aliphatic carbocycles. The maximum absolute atomic E-state index is 14.5. The van der Waals surface area contributed by atoms with Gasteiger partial charge in [-0.1, -0.05) is 18.2 Å². The van der Waals surface area contributed by atoms with Gasteiger partial charge in [-0.05, 0) is 29.8 Å². The summed E-state index contributed by atoms with van der Waals surface area (Å²) in [6, 6.07) is 6.89. The Balaban J connectivity index is 1.35. The first-order chi connectivity index (χ1) is 19.2. The number of halogens is 1. The van der Waals surface area contributed by atoms with Crippen LogP contribution in [0, 0.1) is 5.82 Å². The maximum Gasteiger partial charge on any atom is 0.163 e. The first-order valence-corrected chi connectivity index (χ1v) is 13.0. The number of nitrogens with one attached hydrogen (secondary N) is 2. The average molecular weight is 519 g/mol. The highest BCUT2D eigenvalue weighted by Gasteiger charge is 2.38. The van der Waals surface area contributed by atoms with Crippen LogP contribution in [0.4, 0.5) is 10.2 Å². The van der Waals surface area contributed by atoms with Crippen molar-refractivity contribution in [3.8, 4) is 22.8 Å². The molecule has 2 N–H and O–H groups in total. The van der Waals surface area contributed by atoms with Crippen molar-refractivity contribution in [1.82, 2.24) is 35.2 Å². The average Bonchev–Trinajstić information content (AvgIpc) is 3.59. The standard InChI is InChI=1S/C29H23FN8O/c30-20-5-2-7-33-26(20)21-11-18-17(6-8-34-27(18)35-21)28-36-22-13-31-12-19(16-3-1-4-16)25(22)29(37-28)38-9-10-39-24-15-32-14-23(24)38/h1-8,11-13,23-24,32H,9-10,14-15H2,(H,34,35). The van der Waals surface area contributed by atoms with Crippen LogP contribution in [0.15, 0.2) is 67.3 Å². The molecule has 0 amide bonds. The van der Waals surface area contributed by atoms with Crippen LogP contribution in [0.1, 0.15) is 5.56 Å². The number of H-pyrrole nitrogens is 1. The van der Waals surface area contributed by atoms with E-state index in [1.165, 1.54) is 6.07 Å². The molecule has 2 atom stereocenters. The van der Waals surface area contributed by atoms with Crippen molar-refractivity contribution in [2.75, 3.05) is 31.1 Å². The van der Waals surface area contributed by atoms with Gasteiger partial charge in [0, 0.05) is 54.7 Å². The van der Waals surface area contributed by atoms with Gasteiger partial charge in [0.1, 0.15) is 17.2 Å². The largest absolute Gasteiger partial charge is 0.373 e. The minimum Gasteiger partial charge on any atom is -0.373 e. The van der Waals surface area contributed by atoms with Crippen molar-refractivity contribution < 1.29 is 9.13 Å². The zero-order valence-corrected chi connectivity index (χ0v) is 20.8. The lowest BCUT2D eigenvalue weighted by Crippen LogP contribution is -2.51. The van der Waals surface area contributed by atoms with Crippen LogP contribution >= 0.6 is 0 Å². The quantitative estimate of drug-likeness (QED) is 0.369. The third kappa shape index (κ3) is 3.56. The molecule has 0 spiro atoms. The maximum atomic E-state index is 14.5. The summed E-state index contributed by atoms with van der Waals surface area (Å²) in [6.07, 6.45) is 13.3. The SMILES string of the molecule is Fc1cccnc1-c1cc2c(-c3nc(N4CCOC5CNCC54)c4c(C5=CC=C5)cncc4n3)ccnc2[nH]1. The lowest BCUT2D eigenvalue weighted by molar-refractivity contribution is 0.0348. The molecule has 39 heavy (non-hydrogen) atoms. The van der Waals surface area contributed by atoms with E-state index >= 15 is 0 Å². The highest BCUT2D eigenvalue weighted by molar-refractivity contribution is 6.03. The fraction of sp³-hybridized carbons (Fsp3) is 0.207. The molecule has 2 aliphatic heterocycles. The molecule has 10 heteroatoms. The van der Waals surface area contributed by atoms with E-state index in [4.69, 9.17) is 14.7 Å². The Labute approximate surface area is 222 Å². The Morgan fingerprint density at radius 3 is 2.87 bits per heavy atom. The molecule has 5 aromatic rings. The minimum atomic E-state index is -0.403. The Morgan fingerprint density at radius 1 is 1.05 bits per heavy atom. The third-order valence-electron chi connectivity index (χ3n) is 7.70. The summed E-state index contributed by atoms with van der Waals surface area (Å²) >= 11 is 0. The monoisotopic (exact) mass is 518 g/mol. The molecule has 9 nitrogen and oxygen atoms in total. The number of morpholine rings is 1. The number of anilines is 1. The number of hydrogen-bond acceptors (Lipinski definition) is 8. The highest BCUT2D eigenvalue weighted by Crippen LogP contribution is 2.38. The number of allylic oxidation sites excluding steroid dienone is 4. The van der Waals surface area contributed by atoms with E-state index in [2.05, 4.69) is 42.3 Å². The number of fused-ring (bicyclic) bond motifs is 3. The first kappa shape index (κ1) is 22.4. The van der Waals surface area contributed by atoms with Gasteiger partial charge < -0.3 is 19.9 Å². The lowest BCUT2D eigenvalue weighted by atomic mass is 9.97. The second kappa shape index (κ2) is 8.75. The van der Waals surface area contributed by atoms with Gasteiger partial charge in [0.05, 0.1) is 41.5 Å². The number of pyridine rings is 3. The number of nitrogens with zero attached hydrogens (tertiary/aromatic N) is 6. The van der Waals surface area contributed by atoms with E-state index in [9.17, 15) is 4.39 Å². The van der Waals surface area contributed by atoms with Crippen molar-refractivity contribution in [2.24, 2.45) is 0 Å². The smallest absolute Gasteiger partial charge is 0.163 e. The zero-order valence-electron chi connectivity index (χ0n) is 20.8. The normalized spacial score (nSPS) is 20.3. The van der Waals surface area contributed by atoms with Crippen LogP contribution < -0.4 is 10.2 Å². The fourth-order valence-electron chi connectivity index (χ4n) is 5.77. The molecule has 8 rings (SSSR count). The first-order valence-electron chi connectivity index (χ1n) is 13.0. The molecular formula is C29H23FN8O. The highest BCUT2D eigenvalue weighted by atomic mass is 19.1. The number of aromatic amines is 1. The molecule has 7 heterocycles. The van der Waals surface area contributed by atoms with Crippen molar-refractivity contribution >= 4 is 33.3 Å². The van der Waals surface area contributed by atoms with Gasteiger partial charge in [-0.15, -0.1) is 0 Å². The topological polar surface area (TPSA) is 105 Å². The Bertz CT molecular complexity index is 1830. The summed E-state index contributed by atoms with van der Waals surface area (Å²) in [5.41, 5.74) is 5.08. The molecule has 5 aromatic heterocycles. The Hall–Kier alpha value is -4.54. The number of ether oxygens (including phenoxy) is 1. The zero-order chi connectivity index (χ0) is 25.9. The van der Waals surface area contributed by atoms with E-state index in [1.807, 2.05) is 24.4 Å². The van der Waals surface area contributed by atoms with E-state index < -0.39 is 5.82 Å². The Morgan fingerprint density at radius 2 is 2.00 bits per heavy atom.